The van der Waals surface area contributed by atoms with Crippen LogP contribution in [0.1, 0.15) is 26.2 Å². The first-order chi connectivity index (χ1) is 6.20. The van der Waals surface area contributed by atoms with Crippen LogP contribution in [-0.2, 0) is 0 Å². The quantitative estimate of drug-likeness (QED) is 0.608. The first-order valence-electron chi connectivity index (χ1n) is 5.59. The Hall–Kier alpha value is -0.0800. The van der Waals surface area contributed by atoms with Crippen LogP contribution in [0.4, 0.5) is 0 Å². The summed E-state index contributed by atoms with van der Waals surface area (Å²) in [6, 6.07) is 0. The second-order valence-electron chi connectivity index (χ2n) is 5.25. The lowest BCUT2D eigenvalue weighted by atomic mass is 9.77. The highest BCUT2D eigenvalue weighted by Crippen LogP contribution is 2.40. The van der Waals surface area contributed by atoms with Crippen molar-refractivity contribution in [3.05, 3.63) is 0 Å². The molecule has 2 unspecified atom stereocenters. The van der Waals surface area contributed by atoms with Gasteiger partial charge >= 0.3 is 0 Å². The minimum Gasteiger partial charge on any atom is -0.316 e. The molecule has 2 heterocycles. The molecule has 0 amide bonds. The highest BCUT2D eigenvalue weighted by molar-refractivity contribution is 4.92. The van der Waals surface area contributed by atoms with Crippen LogP contribution in [0.3, 0.4) is 0 Å². The monoisotopic (exact) mass is 182 g/mol. The molecule has 2 rings (SSSR count). The predicted molar refractivity (Wildman–Crippen MR) is 55.8 cm³/mol. The molecule has 2 nitrogen and oxygen atoms in total. The molecule has 0 aromatic carbocycles. The van der Waals surface area contributed by atoms with Gasteiger partial charge in [0.25, 0.3) is 0 Å². The van der Waals surface area contributed by atoms with Gasteiger partial charge in [0.1, 0.15) is 0 Å². The normalized spacial score (nSPS) is 42.5. The van der Waals surface area contributed by atoms with Crippen LogP contribution in [0.25, 0.3) is 0 Å². The Balaban J connectivity index is 2.03. The van der Waals surface area contributed by atoms with Gasteiger partial charge in [0.15, 0.2) is 0 Å². The first-order valence-corrected chi connectivity index (χ1v) is 5.59. The van der Waals surface area contributed by atoms with Gasteiger partial charge in [-0.1, -0.05) is 6.92 Å². The molecule has 2 atom stereocenters. The Morgan fingerprint density at radius 2 is 2.23 bits per heavy atom. The molecule has 0 aromatic rings. The molecular weight excluding hydrogens is 160 g/mol. The van der Waals surface area contributed by atoms with E-state index in [0.717, 1.165) is 5.92 Å². The molecule has 0 aliphatic carbocycles. The van der Waals surface area contributed by atoms with Gasteiger partial charge in [-0.25, -0.2) is 0 Å². The third kappa shape index (κ3) is 2.05. The van der Waals surface area contributed by atoms with E-state index < -0.39 is 0 Å². The summed E-state index contributed by atoms with van der Waals surface area (Å²) in [4.78, 5) is 2.50. The number of nitrogens with one attached hydrogen (secondary N) is 1. The van der Waals surface area contributed by atoms with Crippen molar-refractivity contribution in [1.82, 2.24) is 10.2 Å². The number of hydrogen-bond acceptors (Lipinski definition) is 2. The van der Waals surface area contributed by atoms with E-state index in [4.69, 9.17) is 0 Å². The Morgan fingerprint density at radius 3 is 2.92 bits per heavy atom. The lowest BCUT2D eigenvalue weighted by Gasteiger charge is -2.28. The minimum atomic E-state index is 0.664. The van der Waals surface area contributed by atoms with E-state index in [2.05, 4.69) is 24.2 Å². The Bertz CT molecular complexity index is 181. The van der Waals surface area contributed by atoms with Crippen molar-refractivity contribution in [3.63, 3.8) is 0 Å². The van der Waals surface area contributed by atoms with Crippen LogP contribution in [0, 0.1) is 11.3 Å². The molecule has 2 saturated heterocycles. The summed E-state index contributed by atoms with van der Waals surface area (Å²) in [5.74, 6) is 0.869. The zero-order chi connectivity index (χ0) is 9.31. The van der Waals surface area contributed by atoms with Gasteiger partial charge in [0.05, 0.1) is 0 Å². The van der Waals surface area contributed by atoms with E-state index in [1.807, 2.05) is 0 Å². The van der Waals surface area contributed by atoms with Crippen molar-refractivity contribution in [2.75, 3.05) is 33.2 Å². The number of rotatable bonds is 0. The Morgan fingerprint density at radius 1 is 1.38 bits per heavy atom. The maximum absolute atomic E-state index is 3.54. The third-order valence-corrected chi connectivity index (χ3v) is 3.74. The minimum absolute atomic E-state index is 0.664. The molecule has 76 valence electrons. The van der Waals surface area contributed by atoms with Crippen molar-refractivity contribution < 1.29 is 0 Å². The highest BCUT2D eigenvalue weighted by atomic mass is 15.1. The molecule has 2 aliphatic heterocycles. The highest BCUT2D eigenvalue weighted by Gasteiger charge is 2.38. The van der Waals surface area contributed by atoms with E-state index in [-0.39, 0.29) is 0 Å². The van der Waals surface area contributed by atoms with Gasteiger partial charge in [-0.3, -0.25) is 0 Å². The first kappa shape index (κ1) is 9.47. The van der Waals surface area contributed by atoms with Crippen molar-refractivity contribution in [2.45, 2.75) is 26.2 Å². The molecular formula is C11H22N2. The van der Waals surface area contributed by atoms with E-state index in [1.54, 1.807) is 0 Å². The van der Waals surface area contributed by atoms with Crippen molar-refractivity contribution >= 4 is 0 Å². The number of likely N-dealkylation sites (tertiary alicyclic amines) is 1. The summed E-state index contributed by atoms with van der Waals surface area (Å²) in [5, 5.41) is 3.54. The molecule has 0 radical (unpaired) electrons. The van der Waals surface area contributed by atoms with Crippen LogP contribution in [0.15, 0.2) is 0 Å². The summed E-state index contributed by atoms with van der Waals surface area (Å²) < 4.78 is 0. The maximum atomic E-state index is 3.54. The molecule has 1 N–H and O–H groups in total. The molecule has 0 saturated carbocycles. The molecule has 2 aliphatic rings. The van der Waals surface area contributed by atoms with Crippen molar-refractivity contribution in [2.24, 2.45) is 11.3 Å². The molecule has 2 fully saturated rings. The largest absolute Gasteiger partial charge is 0.316 e. The average molecular weight is 182 g/mol. The second-order valence-corrected chi connectivity index (χ2v) is 5.25. The fourth-order valence-corrected chi connectivity index (χ4v) is 3.14. The molecule has 1 spiro atoms. The fourth-order valence-electron chi connectivity index (χ4n) is 3.14. The predicted octanol–water partition coefficient (Wildman–Crippen LogP) is 1.33. The molecule has 0 aromatic heterocycles. The van der Waals surface area contributed by atoms with Gasteiger partial charge in [-0.2, -0.15) is 0 Å². The van der Waals surface area contributed by atoms with Gasteiger partial charge in [0, 0.05) is 6.54 Å². The van der Waals surface area contributed by atoms with Crippen molar-refractivity contribution in [3.8, 4) is 0 Å². The van der Waals surface area contributed by atoms with Gasteiger partial charge in [-0.15, -0.1) is 0 Å². The summed E-state index contributed by atoms with van der Waals surface area (Å²) in [7, 11) is 2.26. The van der Waals surface area contributed by atoms with E-state index >= 15 is 0 Å². The molecule has 2 heteroatoms. The van der Waals surface area contributed by atoms with Crippen molar-refractivity contribution in [1.29, 1.82) is 0 Å². The van der Waals surface area contributed by atoms with Gasteiger partial charge in [0.2, 0.25) is 0 Å². The lowest BCUT2D eigenvalue weighted by Crippen LogP contribution is -2.27. The van der Waals surface area contributed by atoms with E-state index in [9.17, 15) is 0 Å². The fraction of sp³-hybridized carbons (Fsp3) is 1.00. The van der Waals surface area contributed by atoms with Gasteiger partial charge in [-0.05, 0) is 57.3 Å². The molecule has 0 bridgehead atoms. The lowest BCUT2D eigenvalue weighted by molar-refractivity contribution is 0.228. The van der Waals surface area contributed by atoms with Crippen LogP contribution < -0.4 is 5.32 Å². The summed E-state index contributed by atoms with van der Waals surface area (Å²) in [6.45, 7) is 7.49. The van der Waals surface area contributed by atoms with Crippen LogP contribution >= 0.6 is 0 Å². The second kappa shape index (κ2) is 3.58. The number of nitrogens with zero attached hydrogens (tertiary/aromatic N) is 1. The zero-order valence-electron chi connectivity index (χ0n) is 8.97. The van der Waals surface area contributed by atoms with Gasteiger partial charge < -0.3 is 10.2 Å². The summed E-state index contributed by atoms with van der Waals surface area (Å²) in [5.41, 5.74) is 0.664. The maximum Gasteiger partial charge on any atom is 0.00360 e. The molecule has 13 heavy (non-hydrogen) atoms. The Kier molecular flexibility index (Phi) is 2.61. The van der Waals surface area contributed by atoms with Crippen LogP contribution in [0.5, 0.6) is 0 Å². The number of hydrogen-bond donors (Lipinski definition) is 1. The van der Waals surface area contributed by atoms with Crippen LogP contribution in [0.2, 0.25) is 0 Å². The Labute approximate surface area is 81.7 Å². The smallest absolute Gasteiger partial charge is 0.00360 e. The summed E-state index contributed by atoms with van der Waals surface area (Å²) in [6.07, 6.45) is 4.25. The third-order valence-electron chi connectivity index (χ3n) is 3.74. The summed E-state index contributed by atoms with van der Waals surface area (Å²) >= 11 is 0. The topological polar surface area (TPSA) is 15.3 Å². The zero-order valence-corrected chi connectivity index (χ0v) is 8.97. The van der Waals surface area contributed by atoms with Crippen LogP contribution in [-0.4, -0.2) is 38.1 Å². The van der Waals surface area contributed by atoms with E-state index in [1.165, 1.54) is 45.4 Å². The SMILES string of the molecule is CC1CNCCC2(CCN(C)C2)C1. The average Bonchev–Trinajstić information content (AvgIpc) is 2.30. The standard InChI is InChI=1S/C11H22N2/c1-10-7-11(3-5-12-8-10)4-6-13(2)9-11/h10,12H,3-9H2,1-2H3. The van der Waals surface area contributed by atoms with E-state index in [0.29, 0.717) is 5.41 Å².